The zero-order chi connectivity index (χ0) is 18.7. The fraction of sp³-hybridized carbons (Fsp3) is 0.133. The van der Waals surface area contributed by atoms with Gasteiger partial charge in [0.2, 0.25) is 0 Å². The Hall–Kier alpha value is -3.69. The maximum atomic E-state index is 12.0. The number of rotatable bonds is 4. The molecule has 0 bridgehead atoms. The van der Waals surface area contributed by atoms with E-state index in [0.29, 0.717) is 11.1 Å². The lowest BCUT2D eigenvalue weighted by atomic mass is 9.99. The second-order valence-corrected chi connectivity index (χ2v) is 5.13. The lowest BCUT2D eigenvalue weighted by Crippen LogP contribution is -2.12. The van der Waals surface area contributed by atoms with Crippen molar-refractivity contribution < 1.29 is 24.3 Å². The molecule has 0 saturated carbocycles. The Morgan fingerprint density at radius 1 is 1.00 bits per heavy atom. The summed E-state index contributed by atoms with van der Waals surface area (Å²) in [5.41, 5.74) is -0.544. The largest absolute Gasteiger partial charge is 0.366 e. The molecular formula is C15H11N3O7. The Bertz CT molecular complexity index is 864. The van der Waals surface area contributed by atoms with Crippen LogP contribution < -0.4 is 0 Å². The zero-order valence-corrected chi connectivity index (χ0v) is 13.1. The van der Waals surface area contributed by atoms with Crippen LogP contribution in [0.1, 0.15) is 24.2 Å². The van der Waals surface area contributed by atoms with Crippen molar-refractivity contribution in [3.8, 4) is 0 Å². The van der Waals surface area contributed by atoms with Crippen LogP contribution >= 0.6 is 0 Å². The number of benzene rings is 1. The van der Waals surface area contributed by atoms with Gasteiger partial charge in [-0.25, -0.2) is 4.79 Å². The van der Waals surface area contributed by atoms with Crippen molar-refractivity contribution in [3.63, 3.8) is 0 Å². The van der Waals surface area contributed by atoms with E-state index in [1.807, 2.05) is 0 Å². The van der Waals surface area contributed by atoms with Crippen molar-refractivity contribution in [2.75, 3.05) is 0 Å². The van der Waals surface area contributed by atoms with Crippen LogP contribution in [-0.2, 0) is 9.63 Å². The molecule has 25 heavy (non-hydrogen) atoms. The third kappa shape index (κ3) is 3.99. The van der Waals surface area contributed by atoms with E-state index in [-0.39, 0.29) is 17.1 Å². The van der Waals surface area contributed by atoms with E-state index in [4.69, 9.17) is 4.84 Å². The van der Waals surface area contributed by atoms with Crippen LogP contribution in [0.15, 0.2) is 46.7 Å². The fourth-order valence-electron chi connectivity index (χ4n) is 1.94. The lowest BCUT2D eigenvalue weighted by molar-refractivity contribution is -0.394. The molecule has 0 heterocycles. The molecule has 128 valence electrons. The van der Waals surface area contributed by atoms with Gasteiger partial charge in [0.05, 0.1) is 21.5 Å². The fourth-order valence-corrected chi connectivity index (χ4v) is 1.94. The Kier molecular flexibility index (Phi) is 4.82. The molecule has 1 aromatic rings. The normalized spacial score (nSPS) is 15.4. The van der Waals surface area contributed by atoms with Crippen LogP contribution in [0.3, 0.4) is 0 Å². The number of carbonyl (C=O) groups is 2. The summed E-state index contributed by atoms with van der Waals surface area (Å²) in [6.07, 6.45) is 2.74. The van der Waals surface area contributed by atoms with Crippen molar-refractivity contribution in [3.05, 3.63) is 67.3 Å². The quantitative estimate of drug-likeness (QED) is 0.353. The predicted octanol–water partition coefficient (Wildman–Crippen LogP) is 2.49. The molecule has 0 fully saturated rings. The van der Waals surface area contributed by atoms with Gasteiger partial charge in [-0.2, -0.15) is 0 Å². The van der Waals surface area contributed by atoms with Crippen molar-refractivity contribution in [2.45, 2.75) is 13.8 Å². The second-order valence-electron chi connectivity index (χ2n) is 5.13. The molecule has 0 unspecified atom stereocenters. The van der Waals surface area contributed by atoms with Gasteiger partial charge in [0.15, 0.2) is 5.78 Å². The highest BCUT2D eigenvalue weighted by Gasteiger charge is 2.21. The van der Waals surface area contributed by atoms with E-state index in [1.165, 1.54) is 12.2 Å². The highest BCUT2D eigenvalue weighted by Crippen LogP contribution is 2.23. The standard InChI is InChI=1S/C15H11N3O7/c1-8-4-14(19)9(2)3-13(8)16-25-15(20)10-5-11(17(21)22)7-12(6-10)18(23)24/h3-7H,1-2H3. The summed E-state index contributed by atoms with van der Waals surface area (Å²) >= 11 is 0. The average Bonchev–Trinajstić information content (AvgIpc) is 2.56. The highest BCUT2D eigenvalue weighted by molar-refractivity contribution is 6.21. The highest BCUT2D eigenvalue weighted by atomic mass is 16.7. The minimum Gasteiger partial charge on any atom is -0.312 e. The number of nitrogens with zero attached hydrogens (tertiary/aromatic N) is 3. The molecule has 0 spiro atoms. The predicted molar refractivity (Wildman–Crippen MR) is 85.1 cm³/mol. The van der Waals surface area contributed by atoms with Gasteiger partial charge in [0.25, 0.3) is 11.4 Å². The molecule has 2 rings (SSSR count). The van der Waals surface area contributed by atoms with Crippen LogP contribution in [0.25, 0.3) is 0 Å². The molecule has 0 aliphatic heterocycles. The van der Waals surface area contributed by atoms with Gasteiger partial charge in [-0.05, 0) is 37.1 Å². The van der Waals surface area contributed by atoms with Gasteiger partial charge in [-0.1, -0.05) is 5.16 Å². The third-order valence-corrected chi connectivity index (χ3v) is 3.28. The number of non-ortho nitro benzene ring substituents is 2. The number of nitro groups is 2. The summed E-state index contributed by atoms with van der Waals surface area (Å²) in [5, 5.41) is 25.2. The summed E-state index contributed by atoms with van der Waals surface area (Å²) in [6, 6.07) is 2.43. The molecule has 10 nitrogen and oxygen atoms in total. The SMILES string of the molecule is CC1=CC(=NOC(=O)c2cc([N+](=O)[O-])cc([N+](=O)[O-])c2)C(C)=CC1=O. The van der Waals surface area contributed by atoms with Gasteiger partial charge < -0.3 is 4.84 Å². The smallest absolute Gasteiger partial charge is 0.312 e. The van der Waals surface area contributed by atoms with Crippen molar-refractivity contribution in [1.82, 2.24) is 0 Å². The molecule has 0 aromatic heterocycles. The van der Waals surface area contributed by atoms with E-state index < -0.39 is 27.2 Å². The van der Waals surface area contributed by atoms with Crippen molar-refractivity contribution >= 4 is 28.8 Å². The summed E-state index contributed by atoms with van der Waals surface area (Å²) in [7, 11) is 0. The maximum Gasteiger partial charge on any atom is 0.366 e. The van der Waals surface area contributed by atoms with Crippen LogP contribution in [-0.4, -0.2) is 27.3 Å². The van der Waals surface area contributed by atoms with E-state index >= 15 is 0 Å². The first kappa shape index (κ1) is 17.7. The minimum atomic E-state index is -1.10. The number of carbonyl (C=O) groups excluding carboxylic acids is 2. The van der Waals surface area contributed by atoms with Crippen LogP contribution in [0, 0.1) is 20.2 Å². The summed E-state index contributed by atoms with van der Waals surface area (Å²) < 4.78 is 0. The number of hydrogen-bond donors (Lipinski definition) is 0. The Morgan fingerprint density at radius 3 is 2.08 bits per heavy atom. The number of ketones is 1. The van der Waals surface area contributed by atoms with Crippen LogP contribution in [0.4, 0.5) is 11.4 Å². The molecule has 1 aromatic carbocycles. The van der Waals surface area contributed by atoms with Gasteiger partial charge >= 0.3 is 5.97 Å². The molecule has 1 aliphatic rings. The first-order valence-electron chi connectivity index (χ1n) is 6.83. The van der Waals surface area contributed by atoms with Gasteiger partial charge in [0, 0.05) is 12.1 Å². The second kappa shape index (κ2) is 6.83. The number of allylic oxidation sites excluding steroid dienone is 4. The first-order valence-corrected chi connectivity index (χ1v) is 6.83. The van der Waals surface area contributed by atoms with Crippen molar-refractivity contribution in [1.29, 1.82) is 0 Å². The van der Waals surface area contributed by atoms with Crippen molar-refractivity contribution in [2.24, 2.45) is 5.16 Å². The Labute approximate surface area is 140 Å². The number of nitro benzene ring substituents is 2. The molecule has 0 saturated heterocycles. The topological polar surface area (TPSA) is 142 Å². The molecular weight excluding hydrogens is 334 g/mol. The summed E-state index contributed by atoms with van der Waals surface area (Å²) in [4.78, 5) is 48.1. The molecule has 0 amide bonds. The molecule has 1 aliphatic carbocycles. The third-order valence-electron chi connectivity index (χ3n) is 3.28. The molecule has 10 heteroatoms. The minimum absolute atomic E-state index is 0.197. The maximum absolute atomic E-state index is 12.0. The van der Waals surface area contributed by atoms with E-state index in [9.17, 15) is 29.8 Å². The monoisotopic (exact) mass is 345 g/mol. The average molecular weight is 345 g/mol. The molecule has 0 radical (unpaired) electrons. The van der Waals surface area contributed by atoms with Crippen LogP contribution in [0.2, 0.25) is 0 Å². The van der Waals surface area contributed by atoms with Gasteiger partial charge in [-0.3, -0.25) is 25.0 Å². The van der Waals surface area contributed by atoms with E-state index in [2.05, 4.69) is 5.16 Å². The molecule has 0 N–H and O–H groups in total. The van der Waals surface area contributed by atoms with Gasteiger partial charge in [-0.15, -0.1) is 0 Å². The Morgan fingerprint density at radius 2 is 1.56 bits per heavy atom. The molecule has 0 atom stereocenters. The zero-order valence-electron chi connectivity index (χ0n) is 13.1. The lowest BCUT2D eigenvalue weighted by Gasteiger charge is -2.08. The summed E-state index contributed by atoms with van der Waals surface area (Å²) in [5.74, 6) is -1.30. The number of oxime groups is 1. The number of hydrogen-bond acceptors (Lipinski definition) is 8. The first-order chi connectivity index (χ1) is 11.7. The van der Waals surface area contributed by atoms with Gasteiger partial charge in [0.1, 0.15) is 5.71 Å². The van der Waals surface area contributed by atoms with Crippen LogP contribution in [0.5, 0.6) is 0 Å². The Balaban J connectivity index is 2.31. The van der Waals surface area contributed by atoms with E-state index in [0.717, 1.165) is 18.2 Å². The van der Waals surface area contributed by atoms with E-state index in [1.54, 1.807) is 13.8 Å². The summed E-state index contributed by atoms with van der Waals surface area (Å²) in [6.45, 7) is 3.15.